The van der Waals surface area contributed by atoms with Crippen molar-refractivity contribution in [2.45, 2.75) is 33.2 Å². The van der Waals surface area contributed by atoms with Gasteiger partial charge < -0.3 is 10.1 Å². The van der Waals surface area contributed by atoms with Gasteiger partial charge in [0, 0.05) is 5.02 Å². The summed E-state index contributed by atoms with van der Waals surface area (Å²) in [5, 5.41) is 3.26. The summed E-state index contributed by atoms with van der Waals surface area (Å²) in [5.41, 5.74) is 2.70. The zero-order valence-corrected chi connectivity index (χ0v) is 18.7. The lowest BCUT2D eigenvalue weighted by atomic mass is 10.1. The average Bonchev–Trinajstić information content (AvgIpc) is 2.66. The lowest BCUT2D eigenvalue weighted by molar-refractivity contribution is -0.122. The van der Waals surface area contributed by atoms with E-state index in [0.717, 1.165) is 21.9 Å². The predicted octanol–water partition coefficient (Wildman–Crippen LogP) is 3.70. The third-order valence-corrected chi connectivity index (χ3v) is 5.99. The van der Waals surface area contributed by atoms with Crippen LogP contribution in [0.2, 0.25) is 5.02 Å². The quantitative estimate of drug-likeness (QED) is 0.606. The number of aryl methyl sites for hydroxylation is 2. The maximum Gasteiger partial charge on any atom is 0.244 e. The molecule has 1 amide bonds. The first kappa shape index (κ1) is 23.0. The van der Waals surface area contributed by atoms with E-state index in [1.807, 2.05) is 32.0 Å². The molecule has 1 N–H and O–H groups in total. The van der Waals surface area contributed by atoms with Gasteiger partial charge in [0.05, 0.1) is 18.5 Å². The first-order chi connectivity index (χ1) is 13.6. The van der Waals surface area contributed by atoms with Crippen LogP contribution in [0.25, 0.3) is 0 Å². The van der Waals surface area contributed by atoms with E-state index in [-0.39, 0.29) is 19.1 Å². The van der Waals surface area contributed by atoms with Crippen LogP contribution in [0.3, 0.4) is 0 Å². The standard InChI is InChI=1S/C21H27ClN2O4S/c1-5-20(24(29(4,26)27)18-9-7-17(22)8-10-18)21(25)23-12-13-28-19-11-6-15(2)16(3)14-19/h6-11,14,20H,5,12-13H2,1-4H3,(H,23,25). The predicted molar refractivity (Wildman–Crippen MR) is 117 cm³/mol. The summed E-state index contributed by atoms with van der Waals surface area (Å²) in [4.78, 5) is 12.7. The lowest BCUT2D eigenvalue weighted by Gasteiger charge is -2.30. The molecule has 8 heteroatoms. The Morgan fingerprint density at radius 3 is 2.34 bits per heavy atom. The summed E-state index contributed by atoms with van der Waals surface area (Å²) in [7, 11) is -3.67. The molecule has 2 aromatic rings. The molecule has 0 spiro atoms. The van der Waals surface area contributed by atoms with Crippen molar-refractivity contribution in [3.63, 3.8) is 0 Å². The maximum atomic E-state index is 12.7. The fourth-order valence-corrected chi connectivity index (χ4v) is 4.25. The second-order valence-electron chi connectivity index (χ2n) is 6.84. The molecular weight excluding hydrogens is 412 g/mol. The van der Waals surface area contributed by atoms with Crippen LogP contribution >= 0.6 is 11.6 Å². The molecule has 0 aliphatic heterocycles. The number of anilines is 1. The monoisotopic (exact) mass is 438 g/mol. The summed E-state index contributed by atoms with van der Waals surface area (Å²) in [5.74, 6) is 0.352. The first-order valence-electron chi connectivity index (χ1n) is 9.36. The van der Waals surface area contributed by atoms with E-state index in [9.17, 15) is 13.2 Å². The number of benzene rings is 2. The molecule has 0 fully saturated rings. The Labute approximate surface area is 177 Å². The van der Waals surface area contributed by atoms with Gasteiger partial charge in [-0.05, 0) is 67.8 Å². The summed E-state index contributed by atoms with van der Waals surface area (Å²) >= 11 is 5.90. The fraction of sp³-hybridized carbons (Fsp3) is 0.381. The van der Waals surface area contributed by atoms with Crippen molar-refractivity contribution in [3.8, 4) is 5.75 Å². The van der Waals surface area contributed by atoms with Crippen LogP contribution in [-0.2, 0) is 14.8 Å². The van der Waals surface area contributed by atoms with E-state index in [2.05, 4.69) is 5.32 Å². The average molecular weight is 439 g/mol. The van der Waals surface area contributed by atoms with Crippen molar-refractivity contribution in [1.82, 2.24) is 5.32 Å². The van der Waals surface area contributed by atoms with Gasteiger partial charge in [-0.25, -0.2) is 8.42 Å². The number of carbonyl (C=O) groups is 1. The van der Waals surface area contributed by atoms with Gasteiger partial charge in [0.25, 0.3) is 0 Å². The van der Waals surface area contributed by atoms with Gasteiger partial charge in [0.2, 0.25) is 15.9 Å². The highest BCUT2D eigenvalue weighted by atomic mass is 35.5. The third kappa shape index (κ3) is 6.37. The molecule has 29 heavy (non-hydrogen) atoms. The van der Waals surface area contributed by atoms with Gasteiger partial charge in [-0.15, -0.1) is 0 Å². The molecule has 0 bridgehead atoms. The number of amides is 1. The van der Waals surface area contributed by atoms with Crippen LogP contribution in [0, 0.1) is 13.8 Å². The molecule has 0 aromatic heterocycles. The molecule has 158 valence electrons. The maximum absolute atomic E-state index is 12.7. The highest BCUT2D eigenvalue weighted by Gasteiger charge is 2.31. The van der Waals surface area contributed by atoms with Crippen molar-refractivity contribution < 1.29 is 17.9 Å². The van der Waals surface area contributed by atoms with Crippen molar-refractivity contribution in [2.24, 2.45) is 0 Å². The van der Waals surface area contributed by atoms with E-state index in [1.165, 1.54) is 5.56 Å². The van der Waals surface area contributed by atoms with Crippen molar-refractivity contribution in [3.05, 3.63) is 58.6 Å². The normalized spacial score (nSPS) is 12.3. The molecule has 0 aliphatic carbocycles. The molecule has 0 heterocycles. The molecule has 0 aliphatic rings. The highest BCUT2D eigenvalue weighted by Crippen LogP contribution is 2.24. The number of ether oxygens (including phenoxy) is 1. The molecule has 6 nitrogen and oxygen atoms in total. The van der Waals surface area contributed by atoms with Crippen LogP contribution in [-0.4, -0.2) is 39.8 Å². The molecule has 0 saturated heterocycles. The van der Waals surface area contributed by atoms with E-state index >= 15 is 0 Å². The summed E-state index contributed by atoms with van der Waals surface area (Å²) < 4.78 is 31.6. The van der Waals surface area contributed by atoms with Crippen LogP contribution in [0.15, 0.2) is 42.5 Å². The molecule has 1 unspecified atom stereocenters. The van der Waals surface area contributed by atoms with Gasteiger partial charge in [-0.2, -0.15) is 0 Å². The van der Waals surface area contributed by atoms with E-state index in [4.69, 9.17) is 16.3 Å². The number of sulfonamides is 1. The summed E-state index contributed by atoms with van der Waals surface area (Å²) in [6, 6.07) is 11.3. The third-order valence-electron chi connectivity index (χ3n) is 4.56. The Balaban J connectivity index is 2.03. The Morgan fingerprint density at radius 2 is 1.79 bits per heavy atom. The number of halogens is 1. The van der Waals surface area contributed by atoms with Gasteiger partial charge >= 0.3 is 0 Å². The van der Waals surface area contributed by atoms with Crippen molar-refractivity contribution in [2.75, 3.05) is 23.7 Å². The molecule has 0 saturated carbocycles. The van der Waals surface area contributed by atoms with Gasteiger partial charge in [-0.3, -0.25) is 9.10 Å². The Hall–Kier alpha value is -2.25. The van der Waals surface area contributed by atoms with Crippen LogP contribution < -0.4 is 14.4 Å². The number of rotatable bonds is 9. The van der Waals surface area contributed by atoms with E-state index in [0.29, 0.717) is 17.1 Å². The number of nitrogens with zero attached hydrogens (tertiary/aromatic N) is 1. The number of hydrogen-bond donors (Lipinski definition) is 1. The van der Waals surface area contributed by atoms with Crippen LogP contribution in [0.1, 0.15) is 24.5 Å². The van der Waals surface area contributed by atoms with E-state index < -0.39 is 16.1 Å². The topological polar surface area (TPSA) is 75.7 Å². The first-order valence-corrected chi connectivity index (χ1v) is 11.6. The van der Waals surface area contributed by atoms with Gasteiger partial charge in [-0.1, -0.05) is 24.6 Å². The molecule has 1 atom stereocenters. The zero-order chi connectivity index (χ0) is 21.6. The smallest absolute Gasteiger partial charge is 0.244 e. The minimum absolute atomic E-state index is 0.264. The molecular formula is C21H27ClN2O4S. The molecule has 2 aromatic carbocycles. The minimum atomic E-state index is -3.67. The largest absolute Gasteiger partial charge is 0.492 e. The summed E-state index contributed by atoms with van der Waals surface area (Å²) in [6.07, 6.45) is 1.40. The molecule has 0 radical (unpaired) electrons. The van der Waals surface area contributed by atoms with E-state index in [1.54, 1.807) is 31.2 Å². The number of carbonyl (C=O) groups excluding carboxylic acids is 1. The number of nitrogens with one attached hydrogen (secondary N) is 1. The highest BCUT2D eigenvalue weighted by molar-refractivity contribution is 7.92. The van der Waals surface area contributed by atoms with Crippen LogP contribution in [0.4, 0.5) is 5.69 Å². The van der Waals surface area contributed by atoms with Gasteiger partial charge in [0.15, 0.2) is 0 Å². The van der Waals surface area contributed by atoms with Crippen molar-refractivity contribution >= 4 is 33.2 Å². The second kappa shape index (κ2) is 9.98. The summed E-state index contributed by atoms with van der Waals surface area (Å²) in [6.45, 7) is 6.35. The Bertz CT molecular complexity index is 946. The SMILES string of the molecule is CCC(C(=O)NCCOc1ccc(C)c(C)c1)N(c1ccc(Cl)cc1)S(C)(=O)=O. The van der Waals surface area contributed by atoms with Crippen LogP contribution in [0.5, 0.6) is 5.75 Å². The zero-order valence-electron chi connectivity index (χ0n) is 17.1. The minimum Gasteiger partial charge on any atom is -0.492 e. The lowest BCUT2D eigenvalue weighted by Crippen LogP contribution is -2.50. The number of hydrogen-bond acceptors (Lipinski definition) is 4. The van der Waals surface area contributed by atoms with Crippen molar-refractivity contribution in [1.29, 1.82) is 0 Å². The fourth-order valence-electron chi connectivity index (χ4n) is 2.91. The molecule has 2 rings (SSSR count). The Morgan fingerprint density at radius 1 is 1.14 bits per heavy atom. The second-order valence-corrected chi connectivity index (χ2v) is 9.14. The van der Waals surface area contributed by atoms with Gasteiger partial charge in [0.1, 0.15) is 18.4 Å². The Kier molecular flexibility index (Phi) is 7.93.